The third-order valence-electron chi connectivity index (χ3n) is 2.26. The molecule has 0 saturated heterocycles. The molecule has 0 heterocycles. The maximum Gasteiger partial charge on any atom is 0.412 e. The number of halogens is 1. The lowest BCUT2D eigenvalue weighted by Crippen LogP contribution is -2.34. The molecule has 0 aliphatic rings. The highest BCUT2D eigenvalue weighted by Gasteiger charge is 2.10. The van der Waals surface area contributed by atoms with E-state index >= 15 is 0 Å². The second-order valence-corrected chi connectivity index (χ2v) is 4.85. The number of rotatable bonds is 4. The zero-order valence-electron chi connectivity index (χ0n) is 11.0. The van der Waals surface area contributed by atoms with E-state index in [0.717, 1.165) is 5.56 Å². The van der Waals surface area contributed by atoms with Gasteiger partial charge >= 0.3 is 6.09 Å². The van der Waals surface area contributed by atoms with Gasteiger partial charge in [-0.15, -0.1) is 0 Å². The van der Waals surface area contributed by atoms with E-state index in [2.05, 4.69) is 32.9 Å². The van der Waals surface area contributed by atoms with Crippen molar-refractivity contribution in [1.29, 1.82) is 0 Å². The Hall–Kier alpha value is -1.37. The molecule has 0 spiro atoms. The number of carbonyl (C=O) groups excluding carboxylic acids is 1. The summed E-state index contributed by atoms with van der Waals surface area (Å²) in [4.78, 5) is 15.8. The number of amidine groups is 1. The van der Waals surface area contributed by atoms with Gasteiger partial charge in [-0.3, -0.25) is 5.32 Å². The quantitative estimate of drug-likeness (QED) is 0.496. The zero-order chi connectivity index (χ0) is 14.1. The second-order valence-electron chi connectivity index (χ2n) is 4.13. The summed E-state index contributed by atoms with van der Waals surface area (Å²) < 4.78 is 6.91. The number of carbonyl (C=O) groups is 1. The molecule has 0 aromatic heterocycles. The van der Waals surface area contributed by atoms with E-state index in [1.807, 2.05) is 44.2 Å². The van der Waals surface area contributed by atoms with Crippen LogP contribution in [0.15, 0.2) is 45.6 Å². The van der Waals surface area contributed by atoms with Gasteiger partial charge in [-0.2, -0.15) is 0 Å². The zero-order valence-corrected chi connectivity index (χ0v) is 13.1. The van der Waals surface area contributed by atoms with Gasteiger partial charge in [0.15, 0.2) is 0 Å². The molecular weight excluding hydrogens is 355 g/mol. The van der Waals surface area contributed by atoms with Crippen LogP contribution in [0.25, 0.3) is 0 Å². The van der Waals surface area contributed by atoms with Gasteiger partial charge in [0.25, 0.3) is 0 Å². The van der Waals surface area contributed by atoms with E-state index in [1.165, 1.54) is 0 Å². The fourth-order valence-corrected chi connectivity index (χ4v) is 1.46. The minimum atomic E-state index is -0.488. The van der Waals surface area contributed by atoms with Gasteiger partial charge in [0.1, 0.15) is 12.4 Å². The molecule has 0 radical (unpaired) electrons. The highest BCUT2D eigenvalue weighted by atomic mass is 127. The van der Waals surface area contributed by atoms with Crippen LogP contribution in [0.4, 0.5) is 4.79 Å². The first-order chi connectivity index (χ1) is 9.13. The number of nitrogens with zero attached hydrogens (tertiary/aromatic N) is 1. The van der Waals surface area contributed by atoms with Crippen LogP contribution < -0.4 is 5.32 Å². The SMILES string of the molecule is CC(C)C(=N/C=C\I)NC(=O)OCc1ccccc1. The summed E-state index contributed by atoms with van der Waals surface area (Å²) in [6.45, 7) is 4.16. The van der Waals surface area contributed by atoms with E-state index in [-0.39, 0.29) is 12.5 Å². The third-order valence-corrected chi connectivity index (χ3v) is 2.58. The van der Waals surface area contributed by atoms with Gasteiger partial charge in [-0.05, 0) is 9.65 Å². The van der Waals surface area contributed by atoms with Crippen LogP contribution in [-0.4, -0.2) is 11.9 Å². The first kappa shape index (κ1) is 15.7. The first-order valence-electron chi connectivity index (χ1n) is 5.94. The molecule has 4 nitrogen and oxygen atoms in total. The van der Waals surface area contributed by atoms with Crippen molar-refractivity contribution in [3.63, 3.8) is 0 Å². The topological polar surface area (TPSA) is 50.7 Å². The Bertz CT molecular complexity index is 456. The molecule has 0 saturated carbocycles. The summed E-state index contributed by atoms with van der Waals surface area (Å²) in [5, 5.41) is 2.66. The maximum atomic E-state index is 11.7. The summed E-state index contributed by atoms with van der Waals surface area (Å²) >= 11 is 2.07. The Labute approximate surface area is 127 Å². The van der Waals surface area contributed by atoms with Crippen molar-refractivity contribution in [2.45, 2.75) is 20.5 Å². The highest BCUT2D eigenvalue weighted by Crippen LogP contribution is 2.02. The average Bonchev–Trinajstić information content (AvgIpc) is 2.42. The lowest BCUT2D eigenvalue weighted by molar-refractivity contribution is 0.144. The Kier molecular flexibility index (Phi) is 7.17. The van der Waals surface area contributed by atoms with Crippen molar-refractivity contribution < 1.29 is 9.53 Å². The number of hydrogen-bond acceptors (Lipinski definition) is 3. The monoisotopic (exact) mass is 372 g/mol. The van der Waals surface area contributed by atoms with Crippen LogP contribution >= 0.6 is 22.6 Å². The number of nitrogens with one attached hydrogen (secondary N) is 1. The predicted molar refractivity (Wildman–Crippen MR) is 85.2 cm³/mol. The molecule has 0 fully saturated rings. The van der Waals surface area contributed by atoms with Crippen LogP contribution in [0.1, 0.15) is 19.4 Å². The Morgan fingerprint density at radius 3 is 2.68 bits per heavy atom. The molecule has 0 bridgehead atoms. The Morgan fingerprint density at radius 1 is 1.42 bits per heavy atom. The van der Waals surface area contributed by atoms with Crippen molar-refractivity contribution in [1.82, 2.24) is 5.32 Å². The normalized spacial score (nSPS) is 11.9. The van der Waals surface area contributed by atoms with Crippen LogP contribution in [0, 0.1) is 5.92 Å². The fraction of sp³-hybridized carbons (Fsp3) is 0.286. The van der Waals surface area contributed by atoms with Crippen molar-refractivity contribution >= 4 is 34.5 Å². The smallest absolute Gasteiger partial charge is 0.412 e. The van der Waals surface area contributed by atoms with E-state index in [9.17, 15) is 4.79 Å². The summed E-state index contributed by atoms with van der Waals surface area (Å²) in [6, 6.07) is 9.54. The van der Waals surface area contributed by atoms with Gasteiger partial charge in [0.2, 0.25) is 0 Å². The van der Waals surface area contributed by atoms with Crippen LogP contribution in [0.2, 0.25) is 0 Å². The summed E-state index contributed by atoms with van der Waals surface area (Å²) in [6.07, 6.45) is 1.14. The van der Waals surface area contributed by atoms with E-state index < -0.39 is 6.09 Å². The molecule has 102 valence electrons. The van der Waals surface area contributed by atoms with Crippen molar-refractivity contribution in [3.8, 4) is 0 Å². The minimum Gasteiger partial charge on any atom is -0.444 e. The standard InChI is InChI=1S/C14H17IN2O2/c1-11(2)13(16-9-8-15)17-14(18)19-10-12-6-4-3-5-7-12/h3-9,11H,10H2,1-2H3,(H,16,17,18)/b9-8-. The molecule has 1 rings (SSSR count). The molecule has 0 atom stereocenters. The van der Waals surface area contributed by atoms with Gasteiger partial charge in [0.05, 0.1) is 0 Å². The van der Waals surface area contributed by atoms with Gasteiger partial charge in [-0.1, -0.05) is 66.8 Å². The molecular formula is C14H17IN2O2. The molecule has 5 heteroatoms. The highest BCUT2D eigenvalue weighted by molar-refractivity contribution is 14.1. The van der Waals surface area contributed by atoms with E-state index in [0.29, 0.717) is 5.84 Å². The minimum absolute atomic E-state index is 0.122. The molecule has 1 N–H and O–H groups in total. The molecule has 1 amide bonds. The first-order valence-corrected chi connectivity index (χ1v) is 7.18. The fourth-order valence-electron chi connectivity index (χ4n) is 1.30. The molecule has 0 aliphatic carbocycles. The maximum absolute atomic E-state index is 11.7. The summed E-state index contributed by atoms with van der Waals surface area (Å²) in [5.74, 6) is 0.711. The summed E-state index contributed by atoms with van der Waals surface area (Å²) in [5.41, 5.74) is 0.952. The molecule has 1 aromatic rings. The number of amides is 1. The second kappa shape index (κ2) is 8.68. The van der Waals surface area contributed by atoms with Crippen LogP contribution in [0.3, 0.4) is 0 Å². The Balaban J connectivity index is 2.49. The number of alkyl carbamates (subject to hydrolysis) is 1. The third kappa shape index (κ3) is 6.37. The molecule has 0 unspecified atom stereocenters. The largest absolute Gasteiger partial charge is 0.444 e. The van der Waals surface area contributed by atoms with Gasteiger partial charge in [0, 0.05) is 12.1 Å². The van der Waals surface area contributed by atoms with Crippen molar-refractivity contribution in [3.05, 3.63) is 46.2 Å². The van der Waals surface area contributed by atoms with Crippen LogP contribution in [0.5, 0.6) is 0 Å². The van der Waals surface area contributed by atoms with Crippen molar-refractivity contribution in [2.24, 2.45) is 10.9 Å². The average molecular weight is 372 g/mol. The Morgan fingerprint density at radius 2 is 2.11 bits per heavy atom. The van der Waals surface area contributed by atoms with Crippen molar-refractivity contribution in [2.75, 3.05) is 0 Å². The molecule has 19 heavy (non-hydrogen) atoms. The van der Waals surface area contributed by atoms with Crippen LogP contribution in [-0.2, 0) is 11.3 Å². The molecule has 0 aliphatic heterocycles. The van der Waals surface area contributed by atoms with E-state index in [1.54, 1.807) is 10.3 Å². The number of aliphatic imine (C=N–C) groups is 1. The van der Waals surface area contributed by atoms with Gasteiger partial charge in [-0.25, -0.2) is 9.79 Å². The molecule has 1 aromatic carbocycles. The number of hydrogen-bond donors (Lipinski definition) is 1. The number of benzene rings is 1. The lowest BCUT2D eigenvalue weighted by Gasteiger charge is -2.11. The summed E-state index contributed by atoms with van der Waals surface area (Å²) in [7, 11) is 0. The number of ether oxygens (including phenoxy) is 1. The lowest BCUT2D eigenvalue weighted by atomic mass is 10.2. The van der Waals surface area contributed by atoms with Gasteiger partial charge < -0.3 is 4.74 Å². The van der Waals surface area contributed by atoms with E-state index in [4.69, 9.17) is 4.74 Å². The predicted octanol–water partition coefficient (Wildman–Crippen LogP) is 3.87.